The van der Waals surface area contributed by atoms with E-state index in [9.17, 15) is 4.79 Å². The molecule has 6 heteroatoms. The molecule has 16 heavy (non-hydrogen) atoms. The number of carbonyl (C=O) groups is 1. The summed E-state index contributed by atoms with van der Waals surface area (Å²) in [6, 6.07) is 0. The Kier molecular flexibility index (Phi) is 5.34. The number of rotatable bonds is 6. The Balaban J connectivity index is 2.42. The van der Waals surface area contributed by atoms with Gasteiger partial charge in [0.15, 0.2) is 5.69 Å². The van der Waals surface area contributed by atoms with Gasteiger partial charge in [-0.25, -0.2) is 4.79 Å². The Morgan fingerprint density at radius 3 is 3.00 bits per heavy atom. The van der Waals surface area contributed by atoms with Crippen LogP contribution in [0, 0.1) is 0 Å². The number of oxazole rings is 1. The fourth-order valence-electron chi connectivity index (χ4n) is 0.938. The van der Waals surface area contributed by atoms with Crippen molar-refractivity contribution in [2.45, 2.75) is 12.1 Å². The lowest BCUT2D eigenvalue weighted by Crippen LogP contribution is -2.14. The first-order chi connectivity index (χ1) is 7.63. The van der Waals surface area contributed by atoms with Crippen LogP contribution in [-0.4, -0.2) is 48.9 Å². The van der Waals surface area contributed by atoms with Gasteiger partial charge >= 0.3 is 5.97 Å². The second-order valence-corrected chi connectivity index (χ2v) is 4.42. The van der Waals surface area contributed by atoms with Crippen LogP contribution in [0.5, 0.6) is 0 Å². The molecule has 0 N–H and O–H groups in total. The summed E-state index contributed by atoms with van der Waals surface area (Å²) in [7, 11) is 4.00. The minimum Gasteiger partial charge on any atom is -0.461 e. The van der Waals surface area contributed by atoms with Gasteiger partial charge in [-0.2, -0.15) is 4.98 Å². The molecule has 0 bridgehead atoms. The third kappa shape index (κ3) is 4.24. The summed E-state index contributed by atoms with van der Waals surface area (Å²) in [4.78, 5) is 17.4. The van der Waals surface area contributed by atoms with Crippen LogP contribution >= 0.6 is 11.8 Å². The molecule has 0 aliphatic heterocycles. The lowest BCUT2D eigenvalue weighted by Gasteiger charge is -2.06. The van der Waals surface area contributed by atoms with Crippen LogP contribution in [0.4, 0.5) is 0 Å². The highest BCUT2D eigenvalue weighted by molar-refractivity contribution is 7.99. The van der Waals surface area contributed by atoms with Crippen molar-refractivity contribution in [1.82, 2.24) is 9.88 Å². The molecule has 1 aromatic rings. The van der Waals surface area contributed by atoms with Crippen molar-refractivity contribution in [3.05, 3.63) is 12.0 Å². The van der Waals surface area contributed by atoms with Crippen LogP contribution in [0.25, 0.3) is 0 Å². The predicted octanol–water partition coefficient (Wildman–Crippen LogP) is 1.50. The maximum Gasteiger partial charge on any atom is 0.360 e. The first-order valence-corrected chi connectivity index (χ1v) is 6.02. The average Bonchev–Trinajstić information content (AvgIpc) is 2.66. The second kappa shape index (κ2) is 6.55. The van der Waals surface area contributed by atoms with Crippen LogP contribution in [0.1, 0.15) is 17.4 Å². The van der Waals surface area contributed by atoms with Crippen molar-refractivity contribution in [2.75, 3.05) is 33.0 Å². The standard InChI is InChI=1S/C10H16N2O3S/c1-4-14-9(13)8-7-15-10(11-8)16-6-5-12(2)3/h7H,4-6H2,1-3H3. The molecular formula is C10H16N2O3S. The molecule has 90 valence electrons. The van der Waals surface area contributed by atoms with Crippen LogP contribution in [0.3, 0.4) is 0 Å². The zero-order valence-electron chi connectivity index (χ0n) is 9.73. The van der Waals surface area contributed by atoms with Crippen molar-refractivity contribution in [3.8, 4) is 0 Å². The van der Waals surface area contributed by atoms with Gasteiger partial charge in [-0.05, 0) is 21.0 Å². The van der Waals surface area contributed by atoms with E-state index in [0.717, 1.165) is 12.3 Å². The van der Waals surface area contributed by atoms with Gasteiger partial charge in [-0.1, -0.05) is 11.8 Å². The largest absolute Gasteiger partial charge is 0.461 e. The zero-order chi connectivity index (χ0) is 12.0. The molecule has 0 saturated heterocycles. The smallest absolute Gasteiger partial charge is 0.360 e. The highest BCUT2D eigenvalue weighted by Gasteiger charge is 2.13. The molecule has 1 heterocycles. The van der Waals surface area contributed by atoms with Gasteiger partial charge in [0.2, 0.25) is 0 Å². The van der Waals surface area contributed by atoms with Crippen molar-refractivity contribution in [3.63, 3.8) is 0 Å². The summed E-state index contributed by atoms with van der Waals surface area (Å²) in [6.45, 7) is 3.03. The van der Waals surface area contributed by atoms with Gasteiger partial charge in [0, 0.05) is 12.3 Å². The number of carbonyl (C=O) groups excluding carboxylic acids is 1. The van der Waals surface area contributed by atoms with Crippen LogP contribution in [0.2, 0.25) is 0 Å². The molecule has 0 spiro atoms. The van der Waals surface area contributed by atoms with E-state index in [0.29, 0.717) is 11.8 Å². The van der Waals surface area contributed by atoms with E-state index in [1.54, 1.807) is 6.92 Å². The number of thioether (sulfide) groups is 1. The minimum absolute atomic E-state index is 0.231. The van der Waals surface area contributed by atoms with E-state index >= 15 is 0 Å². The van der Waals surface area contributed by atoms with Crippen LogP contribution in [-0.2, 0) is 4.74 Å². The Hall–Kier alpha value is -1.01. The maximum absolute atomic E-state index is 11.3. The van der Waals surface area contributed by atoms with Gasteiger partial charge in [0.05, 0.1) is 6.61 Å². The number of aromatic nitrogens is 1. The van der Waals surface area contributed by atoms with E-state index in [1.807, 2.05) is 14.1 Å². The maximum atomic E-state index is 11.3. The summed E-state index contributed by atoms with van der Waals surface area (Å²) in [6.07, 6.45) is 1.33. The monoisotopic (exact) mass is 244 g/mol. The Morgan fingerprint density at radius 1 is 1.62 bits per heavy atom. The molecule has 0 unspecified atom stereocenters. The molecular weight excluding hydrogens is 228 g/mol. The Morgan fingerprint density at radius 2 is 2.38 bits per heavy atom. The fourth-order valence-corrected chi connectivity index (χ4v) is 1.85. The van der Waals surface area contributed by atoms with Gasteiger partial charge in [0.1, 0.15) is 6.26 Å². The zero-order valence-corrected chi connectivity index (χ0v) is 10.5. The van der Waals surface area contributed by atoms with E-state index in [4.69, 9.17) is 9.15 Å². The summed E-state index contributed by atoms with van der Waals surface area (Å²) < 4.78 is 9.95. The molecule has 0 amide bonds. The second-order valence-electron chi connectivity index (χ2n) is 3.37. The minimum atomic E-state index is -0.439. The fraction of sp³-hybridized carbons (Fsp3) is 0.600. The lowest BCUT2D eigenvalue weighted by atomic mass is 10.5. The number of ether oxygens (including phenoxy) is 1. The molecule has 1 aromatic heterocycles. The van der Waals surface area contributed by atoms with Gasteiger partial charge < -0.3 is 14.1 Å². The van der Waals surface area contributed by atoms with Crippen molar-refractivity contribution in [1.29, 1.82) is 0 Å². The van der Waals surface area contributed by atoms with Crippen LogP contribution in [0.15, 0.2) is 15.9 Å². The SMILES string of the molecule is CCOC(=O)c1coc(SCCN(C)C)n1. The summed E-state index contributed by atoms with van der Waals surface area (Å²) in [5.41, 5.74) is 0.231. The van der Waals surface area contributed by atoms with E-state index < -0.39 is 5.97 Å². The van der Waals surface area contributed by atoms with Gasteiger partial charge in [-0.15, -0.1) is 0 Å². The van der Waals surface area contributed by atoms with Gasteiger partial charge in [0.25, 0.3) is 5.22 Å². The molecule has 0 atom stereocenters. The van der Waals surface area contributed by atoms with Crippen LogP contribution < -0.4 is 0 Å². The molecule has 1 rings (SSSR count). The average molecular weight is 244 g/mol. The van der Waals surface area contributed by atoms with E-state index in [1.165, 1.54) is 18.0 Å². The number of hydrogen-bond donors (Lipinski definition) is 0. The predicted molar refractivity (Wildman–Crippen MR) is 61.7 cm³/mol. The third-order valence-corrected chi connectivity index (χ3v) is 2.55. The normalized spacial score (nSPS) is 10.8. The highest BCUT2D eigenvalue weighted by atomic mass is 32.2. The Bertz CT molecular complexity index is 339. The van der Waals surface area contributed by atoms with Crippen molar-refractivity contribution < 1.29 is 13.9 Å². The summed E-state index contributed by atoms with van der Waals surface area (Å²) >= 11 is 1.48. The summed E-state index contributed by atoms with van der Waals surface area (Å²) in [5, 5.41) is 0.505. The first kappa shape index (κ1) is 13.1. The molecule has 0 radical (unpaired) electrons. The van der Waals surface area contributed by atoms with Crippen molar-refractivity contribution in [2.24, 2.45) is 0 Å². The highest BCUT2D eigenvalue weighted by Crippen LogP contribution is 2.17. The topological polar surface area (TPSA) is 55.6 Å². The lowest BCUT2D eigenvalue weighted by molar-refractivity contribution is 0.0519. The number of esters is 1. The molecule has 5 nitrogen and oxygen atoms in total. The summed E-state index contributed by atoms with van der Waals surface area (Å²) in [5.74, 6) is 0.432. The first-order valence-electron chi connectivity index (χ1n) is 5.03. The number of hydrogen-bond acceptors (Lipinski definition) is 6. The quantitative estimate of drug-likeness (QED) is 0.558. The molecule has 0 saturated carbocycles. The number of nitrogens with zero attached hydrogens (tertiary/aromatic N) is 2. The molecule has 0 aromatic carbocycles. The third-order valence-electron chi connectivity index (χ3n) is 1.73. The van der Waals surface area contributed by atoms with Gasteiger partial charge in [-0.3, -0.25) is 0 Å². The van der Waals surface area contributed by atoms with Crippen molar-refractivity contribution >= 4 is 17.7 Å². The Labute approximate surface area is 99.2 Å². The molecule has 0 aliphatic carbocycles. The van der Waals surface area contributed by atoms with E-state index in [2.05, 4.69) is 9.88 Å². The molecule has 0 fully saturated rings. The van der Waals surface area contributed by atoms with E-state index in [-0.39, 0.29) is 5.69 Å². The molecule has 0 aliphatic rings.